The maximum absolute atomic E-state index is 11.7. The second-order valence-electron chi connectivity index (χ2n) is 7.01. The summed E-state index contributed by atoms with van der Waals surface area (Å²) in [5.41, 5.74) is 10.7. The lowest BCUT2D eigenvalue weighted by molar-refractivity contribution is -0.147. The summed E-state index contributed by atoms with van der Waals surface area (Å²) in [6.45, 7) is 3.47. The fraction of sp³-hybridized carbons (Fsp3) is 0.409. The molecule has 0 spiro atoms. The monoisotopic (exact) mass is 352 g/mol. The first-order valence-corrected chi connectivity index (χ1v) is 9.38. The van der Waals surface area contributed by atoms with Crippen LogP contribution in [0.25, 0.3) is 11.1 Å². The molecule has 0 aromatic heterocycles. The first-order valence-electron chi connectivity index (χ1n) is 9.38. The molecular weight excluding hydrogens is 324 g/mol. The molecule has 4 nitrogen and oxygen atoms in total. The van der Waals surface area contributed by atoms with Crippen LogP contribution in [0, 0.1) is 5.92 Å². The van der Waals surface area contributed by atoms with Gasteiger partial charge in [0.05, 0.1) is 13.0 Å². The molecule has 0 aliphatic carbocycles. The number of nitrogens with two attached hydrogens (primary N) is 1. The standard InChI is InChI=1S/C22H28N2O2/c1-26-22(25)19-9-12-24(13-10-19)16-18-5-3-7-21(15-18)20-6-2-4-17(14-20)8-11-23/h2-7,14-15,19H,8-13,16,23H2,1H3. The van der Waals surface area contributed by atoms with Crippen LogP contribution in [0.15, 0.2) is 48.5 Å². The van der Waals surface area contributed by atoms with Crippen LogP contribution in [0.2, 0.25) is 0 Å². The molecule has 1 aliphatic heterocycles. The van der Waals surface area contributed by atoms with E-state index in [0.29, 0.717) is 6.54 Å². The third-order valence-corrected chi connectivity index (χ3v) is 5.15. The zero-order valence-corrected chi connectivity index (χ0v) is 15.5. The van der Waals surface area contributed by atoms with Gasteiger partial charge in [-0.2, -0.15) is 0 Å². The van der Waals surface area contributed by atoms with E-state index < -0.39 is 0 Å². The summed E-state index contributed by atoms with van der Waals surface area (Å²) in [6, 6.07) is 17.4. The smallest absolute Gasteiger partial charge is 0.308 e. The topological polar surface area (TPSA) is 55.6 Å². The minimum Gasteiger partial charge on any atom is -0.469 e. The summed E-state index contributed by atoms with van der Waals surface area (Å²) < 4.78 is 4.87. The Labute approximate surface area is 156 Å². The Hall–Kier alpha value is -2.17. The average molecular weight is 352 g/mol. The molecule has 26 heavy (non-hydrogen) atoms. The van der Waals surface area contributed by atoms with Crippen molar-refractivity contribution >= 4 is 5.97 Å². The van der Waals surface area contributed by atoms with Gasteiger partial charge in [0.2, 0.25) is 0 Å². The molecule has 0 unspecified atom stereocenters. The average Bonchev–Trinajstić information content (AvgIpc) is 2.69. The van der Waals surface area contributed by atoms with Crippen LogP contribution in [0.1, 0.15) is 24.0 Å². The molecule has 1 aliphatic rings. The van der Waals surface area contributed by atoms with E-state index in [4.69, 9.17) is 10.5 Å². The summed E-state index contributed by atoms with van der Waals surface area (Å²) >= 11 is 0. The number of carbonyl (C=O) groups is 1. The van der Waals surface area contributed by atoms with E-state index in [-0.39, 0.29) is 11.9 Å². The van der Waals surface area contributed by atoms with Gasteiger partial charge in [0.15, 0.2) is 0 Å². The zero-order valence-electron chi connectivity index (χ0n) is 15.5. The normalized spacial score (nSPS) is 15.8. The minimum atomic E-state index is -0.0657. The highest BCUT2D eigenvalue weighted by Crippen LogP contribution is 2.24. The van der Waals surface area contributed by atoms with Crippen molar-refractivity contribution in [2.75, 3.05) is 26.7 Å². The quantitative estimate of drug-likeness (QED) is 0.811. The van der Waals surface area contributed by atoms with Crippen molar-refractivity contribution in [3.63, 3.8) is 0 Å². The third-order valence-electron chi connectivity index (χ3n) is 5.15. The number of benzene rings is 2. The van der Waals surface area contributed by atoms with Crippen molar-refractivity contribution in [1.82, 2.24) is 4.90 Å². The molecule has 1 heterocycles. The molecule has 2 N–H and O–H groups in total. The van der Waals surface area contributed by atoms with Gasteiger partial charge in [-0.15, -0.1) is 0 Å². The lowest BCUT2D eigenvalue weighted by Gasteiger charge is -2.30. The highest BCUT2D eigenvalue weighted by molar-refractivity contribution is 5.72. The SMILES string of the molecule is COC(=O)C1CCN(Cc2cccc(-c3cccc(CCN)c3)c2)CC1. The lowest BCUT2D eigenvalue weighted by atomic mass is 9.96. The predicted octanol–water partition coefficient (Wildman–Crippen LogP) is 3.24. The molecule has 0 bridgehead atoms. The number of ether oxygens (including phenoxy) is 1. The zero-order chi connectivity index (χ0) is 18.4. The van der Waals surface area contributed by atoms with E-state index in [1.54, 1.807) is 0 Å². The fourth-order valence-electron chi connectivity index (χ4n) is 3.67. The molecule has 138 valence electrons. The van der Waals surface area contributed by atoms with Crippen molar-refractivity contribution in [2.24, 2.45) is 11.7 Å². The summed E-state index contributed by atoms with van der Waals surface area (Å²) in [6.07, 6.45) is 2.67. The van der Waals surface area contributed by atoms with E-state index in [0.717, 1.165) is 38.9 Å². The largest absolute Gasteiger partial charge is 0.469 e. The minimum absolute atomic E-state index is 0.0628. The Morgan fingerprint density at radius 3 is 2.31 bits per heavy atom. The van der Waals surface area contributed by atoms with Crippen molar-refractivity contribution in [3.8, 4) is 11.1 Å². The number of nitrogens with zero attached hydrogens (tertiary/aromatic N) is 1. The Balaban J connectivity index is 1.65. The molecule has 0 radical (unpaired) electrons. The summed E-state index contributed by atoms with van der Waals surface area (Å²) in [5.74, 6) is -0.00289. The number of hydrogen-bond donors (Lipinski definition) is 1. The summed E-state index contributed by atoms with van der Waals surface area (Å²) in [5, 5.41) is 0. The predicted molar refractivity (Wildman–Crippen MR) is 105 cm³/mol. The first kappa shape index (κ1) is 18.6. The van der Waals surface area contributed by atoms with Crippen molar-refractivity contribution < 1.29 is 9.53 Å². The van der Waals surface area contributed by atoms with Crippen molar-refractivity contribution in [2.45, 2.75) is 25.8 Å². The number of esters is 1. The van der Waals surface area contributed by atoms with Gasteiger partial charge in [-0.3, -0.25) is 9.69 Å². The molecule has 2 aromatic carbocycles. The second-order valence-corrected chi connectivity index (χ2v) is 7.01. The van der Waals surface area contributed by atoms with E-state index in [1.807, 2.05) is 0 Å². The van der Waals surface area contributed by atoms with E-state index in [1.165, 1.54) is 29.4 Å². The van der Waals surface area contributed by atoms with Crippen LogP contribution in [-0.4, -0.2) is 37.6 Å². The van der Waals surface area contributed by atoms with Crippen LogP contribution in [0.4, 0.5) is 0 Å². The van der Waals surface area contributed by atoms with Crippen LogP contribution in [0.3, 0.4) is 0 Å². The molecule has 0 atom stereocenters. The van der Waals surface area contributed by atoms with E-state index >= 15 is 0 Å². The fourth-order valence-corrected chi connectivity index (χ4v) is 3.67. The van der Waals surface area contributed by atoms with Crippen LogP contribution < -0.4 is 5.73 Å². The number of carbonyl (C=O) groups excluding carboxylic acids is 1. The van der Waals surface area contributed by atoms with Crippen LogP contribution in [0.5, 0.6) is 0 Å². The number of hydrogen-bond acceptors (Lipinski definition) is 4. The first-order chi connectivity index (χ1) is 12.7. The Morgan fingerprint density at radius 2 is 1.69 bits per heavy atom. The Morgan fingerprint density at radius 1 is 1.08 bits per heavy atom. The van der Waals surface area contributed by atoms with Crippen LogP contribution >= 0.6 is 0 Å². The number of piperidine rings is 1. The van der Waals surface area contributed by atoms with Gasteiger partial charge >= 0.3 is 5.97 Å². The number of rotatable bonds is 6. The molecule has 3 rings (SSSR count). The summed E-state index contributed by atoms with van der Waals surface area (Å²) in [4.78, 5) is 14.1. The maximum Gasteiger partial charge on any atom is 0.308 e. The lowest BCUT2D eigenvalue weighted by Crippen LogP contribution is -2.36. The van der Waals surface area contributed by atoms with Gasteiger partial charge in [-0.05, 0) is 67.2 Å². The van der Waals surface area contributed by atoms with Gasteiger partial charge in [-0.25, -0.2) is 0 Å². The van der Waals surface area contributed by atoms with Gasteiger partial charge in [0.25, 0.3) is 0 Å². The van der Waals surface area contributed by atoms with Crippen molar-refractivity contribution in [3.05, 3.63) is 59.7 Å². The van der Waals surface area contributed by atoms with Gasteiger partial charge in [0.1, 0.15) is 0 Å². The van der Waals surface area contributed by atoms with Gasteiger partial charge in [0, 0.05) is 6.54 Å². The highest BCUT2D eigenvalue weighted by Gasteiger charge is 2.25. The Bertz CT molecular complexity index is 736. The molecule has 0 saturated carbocycles. The van der Waals surface area contributed by atoms with Crippen LogP contribution in [-0.2, 0) is 22.5 Å². The highest BCUT2D eigenvalue weighted by atomic mass is 16.5. The number of methoxy groups -OCH3 is 1. The molecule has 4 heteroatoms. The summed E-state index contributed by atoms with van der Waals surface area (Å²) in [7, 11) is 1.47. The third kappa shape index (κ3) is 4.71. The molecule has 1 fully saturated rings. The molecule has 1 saturated heterocycles. The van der Waals surface area contributed by atoms with Crippen molar-refractivity contribution in [1.29, 1.82) is 0 Å². The second kappa shape index (κ2) is 8.97. The molecular formula is C22H28N2O2. The number of likely N-dealkylation sites (tertiary alicyclic amines) is 1. The molecule has 0 amide bonds. The maximum atomic E-state index is 11.7. The van der Waals surface area contributed by atoms with E-state index in [9.17, 15) is 4.79 Å². The van der Waals surface area contributed by atoms with Gasteiger partial charge in [-0.1, -0.05) is 42.5 Å². The Kier molecular flexibility index (Phi) is 6.42. The molecule has 2 aromatic rings. The van der Waals surface area contributed by atoms with E-state index in [2.05, 4.69) is 53.4 Å². The van der Waals surface area contributed by atoms with Gasteiger partial charge < -0.3 is 10.5 Å².